The van der Waals surface area contributed by atoms with Crippen molar-refractivity contribution in [2.75, 3.05) is 7.11 Å². The maximum Gasteiger partial charge on any atom is 0.409 e. The number of halogens is 1. The second-order valence-corrected chi connectivity index (χ2v) is 16.1. The second kappa shape index (κ2) is 14.7. The zero-order chi connectivity index (χ0) is 32.1. The molecule has 0 radical (unpaired) electrons. The number of ether oxygens (including phenoxy) is 2. The highest BCUT2D eigenvalue weighted by Crippen LogP contribution is 2.67. The van der Waals surface area contributed by atoms with Gasteiger partial charge in [0.05, 0.1) is 23.8 Å². The molecule has 0 aliphatic heterocycles. The van der Waals surface area contributed by atoms with Gasteiger partial charge in [-0.2, -0.15) is 0 Å². The van der Waals surface area contributed by atoms with Crippen molar-refractivity contribution in [3.63, 3.8) is 0 Å². The summed E-state index contributed by atoms with van der Waals surface area (Å²) >= 11 is 3.43. The molecule has 41 heavy (non-hydrogen) atoms. The van der Waals surface area contributed by atoms with Gasteiger partial charge in [-0.25, -0.2) is 4.79 Å². The number of benzene rings is 1. The van der Waals surface area contributed by atoms with Gasteiger partial charge in [0.15, 0.2) is 0 Å². The summed E-state index contributed by atoms with van der Waals surface area (Å²) in [7, 11) is -3.21. The van der Waals surface area contributed by atoms with E-state index in [9.17, 15) is 14.9 Å². The maximum atomic E-state index is 15.3. The van der Waals surface area contributed by atoms with Crippen molar-refractivity contribution in [3.05, 3.63) is 38.3 Å². The Balaban J connectivity index is 4.09. The van der Waals surface area contributed by atoms with Crippen molar-refractivity contribution in [1.82, 2.24) is 5.32 Å². The van der Waals surface area contributed by atoms with Crippen molar-refractivity contribution >= 4 is 29.6 Å². The Morgan fingerprint density at radius 2 is 1.37 bits per heavy atom. The van der Waals surface area contributed by atoms with Crippen molar-refractivity contribution in [3.8, 4) is 5.75 Å². The molecular weight excluding hydrogens is 615 g/mol. The molecule has 0 spiro atoms. The van der Waals surface area contributed by atoms with Crippen LogP contribution in [0.2, 0.25) is 0 Å². The number of nitrogens with one attached hydrogen (secondary N) is 1. The van der Waals surface area contributed by atoms with Crippen molar-refractivity contribution < 1.29 is 32.8 Å². The van der Waals surface area contributed by atoms with E-state index in [0.717, 1.165) is 0 Å². The van der Waals surface area contributed by atoms with Crippen molar-refractivity contribution in [1.29, 1.82) is 0 Å². The highest BCUT2D eigenvalue weighted by atomic mass is 79.9. The monoisotopic (exact) mass is 664 g/mol. The number of rotatable bonds is 14. The van der Waals surface area contributed by atoms with Gasteiger partial charge in [-0.1, -0.05) is 61.5 Å². The van der Waals surface area contributed by atoms with Crippen LogP contribution >= 0.6 is 23.5 Å². The molecular formula is C29H50BrN2O8P. The Hall–Kier alpha value is -1.68. The highest BCUT2D eigenvalue weighted by Gasteiger charge is 2.66. The van der Waals surface area contributed by atoms with Crippen LogP contribution in [0.15, 0.2) is 22.7 Å². The summed E-state index contributed by atoms with van der Waals surface area (Å²) in [6, 6.07) is 3.27. The molecule has 0 fully saturated rings. The van der Waals surface area contributed by atoms with E-state index in [0.29, 0.717) is 10.2 Å². The van der Waals surface area contributed by atoms with Crippen molar-refractivity contribution in [2.45, 2.75) is 112 Å². The molecule has 0 bridgehead atoms. The standard InChI is InChI=1S/C29H50BrN2O8P/c1-17(2)24(18(3)4)39-41(36,40-25(19(5)6)20(7)8)29(12,32(34)35)26(31-27(33)38-28(9,10)11)21-14-15-23(37-13)22(30)16-21/h14-20,24-26H,1-13H3,(H,31,33)/t26-,29+/m1/s1. The summed E-state index contributed by atoms with van der Waals surface area (Å²) in [6.07, 6.45) is -2.18. The largest absolute Gasteiger partial charge is 0.496 e. The van der Waals surface area contributed by atoms with Crippen LogP contribution in [0.1, 0.15) is 94.7 Å². The van der Waals surface area contributed by atoms with E-state index in [1.807, 2.05) is 55.4 Å². The van der Waals surface area contributed by atoms with Gasteiger partial charge in [0.25, 0.3) is 0 Å². The molecule has 0 unspecified atom stereocenters. The Bertz CT molecular complexity index is 1050. The number of alkyl carbamates (subject to hydrolysis) is 1. The SMILES string of the molecule is COc1ccc([C@@H](NC(=O)OC(C)(C)C)[C@@](C)([N+](=O)[O-])P(=O)(OC(C(C)C)C(C)C)OC(C(C)C)C(C)C)cc1Br. The van der Waals surface area contributed by atoms with E-state index >= 15 is 4.57 Å². The highest BCUT2D eigenvalue weighted by molar-refractivity contribution is 9.10. The van der Waals surface area contributed by atoms with E-state index in [1.165, 1.54) is 14.0 Å². The van der Waals surface area contributed by atoms with Gasteiger partial charge < -0.3 is 14.8 Å². The van der Waals surface area contributed by atoms with Crippen LogP contribution in [-0.2, 0) is 18.3 Å². The Kier molecular flexibility index (Phi) is 13.4. The predicted octanol–water partition coefficient (Wildman–Crippen LogP) is 8.60. The molecule has 1 aromatic carbocycles. The average molecular weight is 666 g/mol. The molecule has 10 nitrogen and oxygen atoms in total. The van der Waals surface area contributed by atoms with E-state index < -0.39 is 47.7 Å². The van der Waals surface area contributed by atoms with E-state index in [2.05, 4.69) is 21.2 Å². The number of amides is 1. The number of nitro groups is 1. The smallest absolute Gasteiger partial charge is 0.409 e. The third-order valence-electron chi connectivity index (χ3n) is 6.79. The zero-order valence-electron chi connectivity index (χ0n) is 26.8. The first-order chi connectivity index (χ1) is 18.6. The average Bonchev–Trinajstić information content (AvgIpc) is 2.81. The number of methoxy groups -OCH3 is 1. The van der Waals surface area contributed by atoms with Gasteiger partial charge >= 0.3 is 19.0 Å². The molecule has 236 valence electrons. The van der Waals surface area contributed by atoms with E-state index in [4.69, 9.17) is 18.5 Å². The number of nitrogens with zero attached hydrogens (tertiary/aromatic N) is 1. The van der Waals surface area contributed by atoms with Gasteiger partial charge in [-0.3, -0.25) is 23.7 Å². The summed E-state index contributed by atoms with van der Waals surface area (Å²) in [5, 5.41) is 13.4. The van der Waals surface area contributed by atoms with Crippen LogP contribution in [0, 0.1) is 33.8 Å². The fourth-order valence-electron chi connectivity index (χ4n) is 4.77. The minimum absolute atomic E-state index is 0.133. The van der Waals surface area contributed by atoms with Gasteiger partial charge in [0.1, 0.15) is 17.4 Å². The summed E-state index contributed by atoms with van der Waals surface area (Å²) in [5.74, 6) is -0.0554. The molecule has 2 atom stereocenters. The fraction of sp³-hybridized carbons (Fsp3) is 0.759. The maximum absolute atomic E-state index is 15.3. The second-order valence-electron chi connectivity index (χ2n) is 12.9. The predicted molar refractivity (Wildman–Crippen MR) is 165 cm³/mol. The van der Waals surface area contributed by atoms with Crippen LogP contribution in [0.3, 0.4) is 0 Å². The van der Waals surface area contributed by atoms with E-state index in [1.54, 1.807) is 39.0 Å². The first-order valence-electron chi connectivity index (χ1n) is 14.1. The number of hydrogen-bond donors (Lipinski definition) is 1. The molecule has 0 saturated carbocycles. The summed E-state index contributed by atoms with van der Waals surface area (Å²) in [5.41, 5.74) is -0.608. The zero-order valence-corrected chi connectivity index (χ0v) is 29.3. The lowest BCUT2D eigenvalue weighted by atomic mass is 9.97. The first-order valence-corrected chi connectivity index (χ1v) is 16.4. The Morgan fingerprint density at radius 1 is 0.927 bits per heavy atom. The van der Waals surface area contributed by atoms with E-state index in [-0.39, 0.29) is 29.2 Å². The van der Waals surface area contributed by atoms with Crippen LogP contribution in [0.4, 0.5) is 4.79 Å². The number of hydrogen-bond acceptors (Lipinski definition) is 8. The lowest BCUT2D eigenvalue weighted by Crippen LogP contribution is -2.52. The Labute approximate surface area is 254 Å². The normalized spacial score (nSPS) is 15.1. The third kappa shape index (κ3) is 9.40. The summed E-state index contributed by atoms with van der Waals surface area (Å²) < 4.78 is 39.3. The van der Waals surface area contributed by atoms with Gasteiger partial charge in [-0.05, 0) is 78.1 Å². The first kappa shape index (κ1) is 37.3. The minimum atomic E-state index is -4.70. The number of carbonyl (C=O) groups excluding carboxylic acids is 1. The van der Waals surface area contributed by atoms with Crippen molar-refractivity contribution in [2.24, 2.45) is 23.7 Å². The van der Waals surface area contributed by atoms with Gasteiger partial charge in [-0.15, -0.1) is 0 Å². The molecule has 0 aliphatic rings. The molecule has 0 aliphatic carbocycles. The van der Waals surface area contributed by atoms with Crippen LogP contribution in [-0.4, -0.2) is 41.2 Å². The van der Waals surface area contributed by atoms with Crippen LogP contribution in [0.5, 0.6) is 5.75 Å². The third-order valence-corrected chi connectivity index (χ3v) is 9.98. The number of carbonyl (C=O) groups is 1. The van der Waals surface area contributed by atoms with Crippen LogP contribution < -0.4 is 10.1 Å². The lowest BCUT2D eigenvalue weighted by molar-refractivity contribution is -0.546. The molecule has 0 aromatic heterocycles. The molecule has 1 amide bonds. The minimum Gasteiger partial charge on any atom is -0.496 e. The lowest BCUT2D eigenvalue weighted by Gasteiger charge is -2.41. The molecule has 0 saturated heterocycles. The molecule has 1 rings (SSSR count). The Morgan fingerprint density at radius 3 is 1.68 bits per heavy atom. The molecule has 12 heteroatoms. The summed E-state index contributed by atoms with van der Waals surface area (Å²) in [6.45, 7) is 21.5. The topological polar surface area (TPSA) is 126 Å². The molecule has 1 aromatic rings. The molecule has 0 heterocycles. The summed E-state index contributed by atoms with van der Waals surface area (Å²) in [4.78, 5) is 25.7. The van der Waals surface area contributed by atoms with Crippen LogP contribution in [0.25, 0.3) is 0 Å². The quantitative estimate of drug-likeness (QED) is 0.119. The fourth-order valence-corrected chi connectivity index (χ4v) is 8.15. The molecule has 1 N–H and O–H groups in total. The van der Waals surface area contributed by atoms with Gasteiger partial charge in [0.2, 0.25) is 0 Å². The van der Waals surface area contributed by atoms with Gasteiger partial charge in [0, 0.05) is 11.8 Å².